The van der Waals surface area contributed by atoms with E-state index in [9.17, 15) is 0 Å². The SMILES string of the molecule is CC(C)N1CCCC1COc1ccc2c(c1)CCN2. The number of ether oxygens (including phenoxy) is 1. The van der Waals surface area contributed by atoms with Crippen LogP contribution in [0, 0.1) is 0 Å². The van der Waals surface area contributed by atoms with Crippen LogP contribution in [-0.4, -0.2) is 36.7 Å². The molecule has 0 aliphatic carbocycles. The van der Waals surface area contributed by atoms with Crippen molar-refractivity contribution in [1.29, 1.82) is 0 Å². The maximum absolute atomic E-state index is 6.03. The third-order valence-corrected chi connectivity index (χ3v) is 4.31. The molecule has 0 saturated carbocycles. The predicted molar refractivity (Wildman–Crippen MR) is 79.0 cm³/mol. The molecule has 2 heterocycles. The molecule has 2 aliphatic heterocycles. The molecule has 1 unspecified atom stereocenters. The van der Waals surface area contributed by atoms with Crippen LogP contribution >= 0.6 is 0 Å². The van der Waals surface area contributed by atoms with E-state index in [4.69, 9.17) is 4.74 Å². The minimum absolute atomic E-state index is 0.589. The summed E-state index contributed by atoms with van der Waals surface area (Å²) in [6.07, 6.45) is 3.69. The molecule has 19 heavy (non-hydrogen) atoms. The van der Waals surface area contributed by atoms with Gasteiger partial charge < -0.3 is 10.1 Å². The molecule has 2 aliphatic rings. The number of hydrogen-bond acceptors (Lipinski definition) is 3. The average molecular weight is 260 g/mol. The van der Waals surface area contributed by atoms with E-state index in [1.54, 1.807) is 0 Å². The predicted octanol–water partition coefficient (Wildman–Crippen LogP) is 2.91. The van der Waals surface area contributed by atoms with Crippen molar-refractivity contribution in [3.05, 3.63) is 23.8 Å². The summed E-state index contributed by atoms with van der Waals surface area (Å²) in [7, 11) is 0. The van der Waals surface area contributed by atoms with Crippen LogP contribution in [0.5, 0.6) is 5.75 Å². The largest absolute Gasteiger partial charge is 0.492 e. The Labute approximate surface area is 115 Å². The summed E-state index contributed by atoms with van der Waals surface area (Å²) in [5, 5.41) is 3.38. The fraction of sp³-hybridized carbons (Fsp3) is 0.625. The lowest BCUT2D eigenvalue weighted by molar-refractivity contribution is 0.144. The topological polar surface area (TPSA) is 24.5 Å². The number of fused-ring (bicyclic) bond motifs is 1. The van der Waals surface area contributed by atoms with Crippen LogP contribution in [0.4, 0.5) is 5.69 Å². The molecule has 104 valence electrons. The number of rotatable bonds is 4. The van der Waals surface area contributed by atoms with E-state index in [1.165, 1.54) is 30.6 Å². The first-order chi connectivity index (χ1) is 9.24. The Kier molecular flexibility index (Phi) is 3.65. The Morgan fingerprint density at radius 3 is 3.16 bits per heavy atom. The molecule has 1 saturated heterocycles. The molecule has 3 nitrogen and oxygen atoms in total. The third-order valence-electron chi connectivity index (χ3n) is 4.31. The molecule has 1 aromatic rings. The Balaban J connectivity index is 1.60. The number of anilines is 1. The molecule has 0 amide bonds. The smallest absolute Gasteiger partial charge is 0.119 e. The van der Waals surface area contributed by atoms with Crippen LogP contribution < -0.4 is 10.1 Å². The van der Waals surface area contributed by atoms with E-state index >= 15 is 0 Å². The lowest BCUT2D eigenvalue weighted by atomic mass is 10.1. The summed E-state index contributed by atoms with van der Waals surface area (Å²) in [4.78, 5) is 2.56. The highest BCUT2D eigenvalue weighted by Gasteiger charge is 2.26. The molecule has 3 heteroatoms. The first-order valence-corrected chi connectivity index (χ1v) is 7.49. The Hall–Kier alpha value is -1.22. The van der Waals surface area contributed by atoms with Gasteiger partial charge in [0, 0.05) is 24.3 Å². The van der Waals surface area contributed by atoms with E-state index in [1.807, 2.05) is 0 Å². The number of nitrogens with zero attached hydrogens (tertiary/aromatic N) is 1. The second kappa shape index (κ2) is 5.41. The van der Waals surface area contributed by atoms with Gasteiger partial charge in [-0.3, -0.25) is 4.90 Å². The lowest BCUT2D eigenvalue weighted by Crippen LogP contribution is -2.39. The van der Waals surface area contributed by atoms with Gasteiger partial charge in [0.25, 0.3) is 0 Å². The fourth-order valence-corrected chi connectivity index (χ4v) is 3.28. The van der Waals surface area contributed by atoms with Crippen LogP contribution in [0.1, 0.15) is 32.3 Å². The quantitative estimate of drug-likeness (QED) is 0.901. The standard InChI is InChI=1S/C16H24N2O/c1-12(2)18-9-3-4-14(18)11-19-15-5-6-16-13(10-15)7-8-17-16/h5-6,10,12,14,17H,3-4,7-9,11H2,1-2H3. The molecule has 0 spiro atoms. The van der Waals surface area contributed by atoms with Gasteiger partial charge in [0.1, 0.15) is 12.4 Å². The summed E-state index contributed by atoms with van der Waals surface area (Å²) < 4.78 is 6.03. The van der Waals surface area contributed by atoms with E-state index in [0.29, 0.717) is 12.1 Å². The summed E-state index contributed by atoms with van der Waals surface area (Å²) >= 11 is 0. The molecular weight excluding hydrogens is 236 g/mol. The molecule has 1 N–H and O–H groups in total. The van der Waals surface area contributed by atoms with Gasteiger partial charge in [0.2, 0.25) is 0 Å². The molecular formula is C16H24N2O. The number of likely N-dealkylation sites (tertiary alicyclic amines) is 1. The Morgan fingerprint density at radius 1 is 1.42 bits per heavy atom. The zero-order chi connectivity index (χ0) is 13.2. The van der Waals surface area contributed by atoms with Crippen molar-refractivity contribution in [3.8, 4) is 5.75 Å². The van der Waals surface area contributed by atoms with E-state index in [-0.39, 0.29) is 0 Å². The van der Waals surface area contributed by atoms with Crippen LogP contribution in [0.3, 0.4) is 0 Å². The lowest BCUT2D eigenvalue weighted by Gasteiger charge is -2.28. The van der Waals surface area contributed by atoms with Gasteiger partial charge in [0.15, 0.2) is 0 Å². The van der Waals surface area contributed by atoms with Crippen molar-refractivity contribution in [2.75, 3.05) is 25.0 Å². The summed E-state index contributed by atoms with van der Waals surface area (Å²) in [6.45, 7) is 7.66. The molecule has 0 radical (unpaired) electrons. The monoisotopic (exact) mass is 260 g/mol. The highest BCUT2D eigenvalue weighted by atomic mass is 16.5. The average Bonchev–Trinajstić information content (AvgIpc) is 3.04. The van der Waals surface area contributed by atoms with Crippen LogP contribution in [0.15, 0.2) is 18.2 Å². The van der Waals surface area contributed by atoms with Crippen molar-refractivity contribution >= 4 is 5.69 Å². The number of benzene rings is 1. The van der Waals surface area contributed by atoms with Crippen molar-refractivity contribution in [2.24, 2.45) is 0 Å². The van der Waals surface area contributed by atoms with Crippen LogP contribution in [0.2, 0.25) is 0 Å². The van der Waals surface area contributed by atoms with E-state index in [0.717, 1.165) is 25.3 Å². The second-order valence-corrected chi connectivity index (χ2v) is 5.93. The summed E-state index contributed by atoms with van der Waals surface area (Å²) in [5.41, 5.74) is 2.67. The highest BCUT2D eigenvalue weighted by Crippen LogP contribution is 2.27. The Bertz CT molecular complexity index is 444. The molecule has 0 aromatic heterocycles. The summed E-state index contributed by atoms with van der Waals surface area (Å²) in [6, 6.07) is 7.65. The zero-order valence-corrected chi connectivity index (χ0v) is 12.0. The van der Waals surface area contributed by atoms with E-state index in [2.05, 4.69) is 42.3 Å². The van der Waals surface area contributed by atoms with Gasteiger partial charge in [-0.05, 0) is 63.4 Å². The van der Waals surface area contributed by atoms with Gasteiger partial charge in [-0.15, -0.1) is 0 Å². The van der Waals surface area contributed by atoms with Crippen LogP contribution in [0.25, 0.3) is 0 Å². The molecule has 3 rings (SSSR count). The van der Waals surface area contributed by atoms with Gasteiger partial charge in [0.05, 0.1) is 0 Å². The maximum Gasteiger partial charge on any atom is 0.119 e. The minimum Gasteiger partial charge on any atom is -0.492 e. The first kappa shape index (κ1) is 12.8. The maximum atomic E-state index is 6.03. The summed E-state index contributed by atoms with van der Waals surface area (Å²) in [5.74, 6) is 1.03. The van der Waals surface area contributed by atoms with Crippen LogP contribution in [-0.2, 0) is 6.42 Å². The van der Waals surface area contributed by atoms with Crippen molar-refractivity contribution in [1.82, 2.24) is 4.90 Å². The minimum atomic E-state index is 0.589. The fourth-order valence-electron chi connectivity index (χ4n) is 3.28. The third kappa shape index (κ3) is 2.71. The van der Waals surface area contributed by atoms with Crippen molar-refractivity contribution in [3.63, 3.8) is 0 Å². The molecule has 0 bridgehead atoms. The van der Waals surface area contributed by atoms with Crippen molar-refractivity contribution < 1.29 is 4.74 Å². The number of nitrogens with one attached hydrogen (secondary N) is 1. The highest BCUT2D eigenvalue weighted by molar-refractivity contribution is 5.57. The molecule has 1 atom stereocenters. The number of hydrogen-bond donors (Lipinski definition) is 1. The van der Waals surface area contributed by atoms with Crippen molar-refractivity contribution in [2.45, 2.75) is 45.2 Å². The Morgan fingerprint density at radius 2 is 2.32 bits per heavy atom. The normalized spacial score (nSPS) is 22.6. The van der Waals surface area contributed by atoms with Gasteiger partial charge >= 0.3 is 0 Å². The van der Waals surface area contributed by atoms with E-state index < -0.39 is 0 Å². The first-order valence-electron chi connectivity index (χ1n) is 7.49. The van der Waals surface area contributed by atoms with Gasteiger partial charge in [-0.2, -0.15) is 0 Å². The second-order valence-electron chi connectivity index (χ2n) is 5.93. The molecule has 1 fully saturated rings. The molecule has 1 aromatic carbocycles. The van der Waals surface area contributed by atoms with Gasteiger partial charge in [-0.25, -0.2) is 0 Å². The van der Waals surface area contributed by atoms with Gasteiger partial charge in [-0.1, -0.05) is 0 Å². The zero-order valence-electron chi connectivity index (χ0n) is 12.0.